The van der Waals surface area contributed by atoms with Gasteiger partial charge in [-0.05, 0) is 18.1 Å². The fourth-order valence-electron chi connectivity index (χ4n) is 1.96. The lowest BCUT2D eigenvalue weighted by Crippen LogP contribution is -2.02. The number of nitrogens with two attached hydrogens (primary N) is 1. The molecule has 0 bridgehead atoms. The molecule has 5 nitrogen and oxygen atoms in total. The molecule has 21 heavy (non-hydrogen) atoms. The van der Waals surface area contributed by atoms with E-state index in [4.69, 9.17) is 26.8 Å². The Balaban J connectivity index is 2.62. The van der Waals surface area contributed by atoms with Crippen molar-refractivity contribution >= 4 is 17.4 Å². The third-order valence-corrected chi connectivity index (χ3v) is 3.46. The Morgan fingerprint density at radius 2 is 1.86 bits per heavy atom. The second-order valence-corrected chi connectivity index (χ2v) is 5.24. The van der Waals surface area contributed by atoms with Crippen molar-refractivity contribution in [2.45, 2.75) is 19.8 Å². The first-order valence-electron chi connectivity index (χ1n) is 6.53. The van der Waals surface area contributed by atoms with Crippen LogP contribution in [-0.4, -0.2) is 24.2 Å². The van der Waals surface area contributed by atoms with E-state index in [0.29, 0.717) is 33.7 Å². The van der Waals surface area contributed by atoms with Crippen molar-refractivity contribution in [2.24, 2.45) is 0 Å². The molecule has 0 amide bonds. The van der Waals surface area contributed by atoms with E-state index in [-0.39, 0.29) is 5.92 Å². The predicted octanol–water partition coefficient (Wildman–Crippen LogP) is 3.52. The first-order valence-corrected chi connectivity index (χ1v) is 6.91. The van der Waals surface area contributed by atoms with Crippen LogP contribution in [0, 0.1) is 0 Å². The first kappa shape index (κ1) is 15.4. The van der Waals surface area contributed by atoms with Gasteiger partial charge in [-0.2, -0.15) is 0 Å². The van der Waals surface area contributed by atoms with Gasteiger partial charge in [-0.25, -0.2) is 9.97 Å². The van der Waals surface area contributed by atoms with E-state index in [0.717, 1.165) is 5.69 Å². The maximum atomic E-state index is 6.39. The van der Waals surface area contributed by atoms with Gasteiger partial charge in [-0.3, -0.25) is 0 Å². The number of benzene rings is 1. The van der Waals surface area contributed by atoms with Crippen molar-refractivity contribution in [3.8, 4) is 22.9 Å². The Morgan fingerprint density at radius 1 is 1.14 bits per heavy atom. The molecule has 1 aromatic heterocycles. The molecule has 2 aromatic rings. The molecular weight excluding hydrogens is 290 g/mol. The topological polar surface area (TPSA) is 70.3 Å². The molecule has 6 heteroatoms. The summed E-state index contributed by atoms with van der Waals surface area (Å²) >= 11 is 6.39. The number of ether oxygens (including phenoxy) is 2. The van der Waals surface area contributed by atoms with Gasteiger partial charge in [0.15, 0.2) is 17.3 Å². The van der Waals surface area contributed by atoms with Crippen LogP contribution in [0.3, 0.4) is 0 Å². The summed E-state index contributed by atoms with van der Waals surface area (Å²) in [6.07, 6.45) is 0. The summed E-state index contributed by atoms with van der Waals surface area (Å²) in [6.45, 7) is 4.09. The van der Waals surface area contributed by atoms with Gasteiger partial charge in [0.2, 0.25) is 0 Å². The smallest absolute Gasteiger partial charge is 0.180 e. The Morgan fingerprint density at radius 3 is 2.43 bits per heavy atom. The van der Waals surface area contributed by atoms with Gasteiger partial charge in [-0.15, -0.1) is 0 Å². The van der Waals surface area contributed by atoms with Crippen LogP contribution >= 0.6 is 11.6 Å². The summed E-state index contributed by atoms with van der Waals surface area (Å²) in [7, 11) is 3.09. The fourth-order valence-corrected chi connectivity index (χ4v) is 2.28. The lowest BCUT2D eigenvalue weighted by atomic mass is 10.1. The molecule has 2 N–H and O–H groups in total. The largest absolute Gasteiger partial charge is 0.493 e. The zero-order valence-corrected chi connectivity index (χ0v) is 13.2. The summed E-state index contributed by atoms with van der Waals surface area (Å²) < 4.78 is 10.5. The minimum atomic E-state index is 0.243. The van der Waals surface area contributed by atoms with Crippen molar-refractivity contribution in [1.29, 1.82) is 0 Å². The second-order valence-electron chi connectivity index (χ2n) is 4.86. The van der Waals surface area contributed by atoms with Gasteiger partial charge in [0.25, 0.3) is 0 Å². The van der Waals surface area contributed by atoms with E-state index in [9.17, 15) is 0 Å². The van der Waals surface area contributed by atoms with Gasteiger partial charge in [0.05, 0.1) is 19.2 Å². The zero-order valence-electron chi connectivity index (χ0n) is 12.5. The summed E-state index contributed by atoms with van der Waals surface area (Å²) in [5, 5.41) is 0.400. The van der Waals surface area contributed by atoms with Crippen molar-refractivity contribution < 1.29 is 9.47 Å². The van der Waals surface area contributed by atoms with E-state index in [2.05, 4.69) is 9.97 Å². The number of rotatable bonds is 4. The Hall–Kier alpha value is -2.01. The number of halogens is 1. The lowest BCUT2D eigenvalue weighted by molar-refractivity contribution is 0.355. The highest BCUT2D eigenvalue weighted by Crippen LogP contribution is 2.41. The number of nitrogens with zero attached hydrogens (tertiary/aromatic N) is 2. The summed E-state index contributed by atoms with van der Waals surface area (Å²) in [4.78, 5) is 8.79. The SMILES string of the molecule is COc1ccc(-c2nc(N)cc(C(C)C)n2)c(Cl)c1OC. The molecule has 0 radical (unpaired) electrons. The number of methoxy groups -OCH3 is 2. The van der Waals surface area contributed by atoms with Gasteiger partial charge in [0, 0.05) is 17.3 Å². The zero-order chi connectivity index (χ0) is 15.6. The Kier molecular flexibility index (Phi) is 4.53. The monoisotopic (exact) mass is 307 g/mol. The van der Waals surface area contributed by atoms with E-state index >= 15 is 0 Å². The van der Waals surface area contributed by atoms with Crippen molar-refractivity contribution in [3.05, 3.63) is 28.9 Å². The molecule has 0 unspecified atom stereocenters. The lowest BCUT2D eigenvalue weighted by Gasteiger charge is -2.13. The van der Waals surface area contributed by atoms with Crippen LogP contribution in [0.25, 0.3) is 11.4 Å². The normalized spacial score (nSPS) is 10.8. The predicted molar refractivity (Wildman–Crippen MR) is 84.1 cm³/mol. The average molecular weight is 308 g/mol. The highest BCUT2D eigenvalue weighted by molar-refractivity contribution is 6.35. The molecule has 0 aliphatic heterocycles. The first-order chi connectivity index (χ1) is 9.97. The average Bonchev–Trinajstić information content (AvgIpc) is 2.45. The number of anilines is 1. The Bertz CT molecular complexity index is 660. The van der Waals surface area contributed by atoms with E-state index in [1.807, 2.05) is 13.8 Å². The molecule has 0 aliphatic rings. The van der Waals surface area contributed by atoms with Crippen molar-refractivity contribution in [1.82, 2.24) is 9.97 Å². The number of nitrogen functional groups attached to an aromatic ring is 1. The second kappa shape index (κ2) is 6.18. The van der Waals surface area contributed by atoms with Crippen LogP contribution in [0.1, 0.15) is 25.5 Å². The van der Waals surface area contributed by atoms with Crippen LogP contribution in [0.4, 0.5) is 5.82 Å². The van der Waals surface area contributed by atoms with Gasteiger partial charge in [-0.1, -0.05) is 25.4 Å². The van der Waals surface area contributed by atoms with E-state index < -0.39 is 0 Å². The summed E-state index contributed by atoms with van der Waals surface area (Å²) in [5.41, 5.74) is 7.38. The molecule has 0 aliphatic carbocycles. The van der Waals surface area contributed by atoms with Gasteiger partial charge < -0.3 is 15.2 Å². The quantitative estimate of drug-likeness (QED) is 0.935. The maximum Gasteiger partial charge on any atom is 0.180 e. The molecule has 112 valence electrons. The van der Waals surface area contributed by atoms with Crippen molar-refractivity contribution in [2.75, 3.05) is 20.0 Å². The minimum absolute atomic E-state index is 0.243. The van der Waals surface area contributed by atoms with Crippen LogP contribution in [0.15, 0.2) is 18.2 Å². The number of hydrogen-bond donors (Lipinski definition) is 1. The van der Waals surface area contributed by atoms with Crippen molar-refractivity contribution in [3.63, 3.8) is 0 Å². The molecular formula is C15H18ClN3O2. The number of hydrogen-bond acceptors (Lipinski definition) is 5. The highest BCUT2D eigenvalue weighted by atomic mass is 35.5. The number of aromatic nitrogens is 2. The maximum absolute atomic E-state index is 6.39. The van der Waals surface area contributed by atoms with Gasteiger partial charge >= 0.3 is 0 Å². The molecule has 0 fully saturated rings. The molecule has 0 spiro atoms. The van der Waals surface area contributed by atoms with Crippen LogP contribution in [-0.2, 0) is 0 Å². The fraction of sp³-hybridized carbons (Fsp3) is 0.333. The molecule has 0 saturated carbocycles. The van der Waals surface area contributed by atoms with Crippen LogP contribution in [0.5, 0.6) is 11.5 Å². The molecule has 0 saturated heterocycles. The van der Waals surface area contributed by atoms with Crippen LogP contribution in [0.2, 0.25) is 5.02 Å². The van der Waals surface area contributed by atoms with E-state index in [1.165, 1.54) is 7.11 Å². The van der Waals surface area contributed by atoms with E-state index in [1.54, 1.807) is 25.3 Å². The third kappa shape index (κ3) is 3.03. The third-order valence-electron chi connectivity index (χ3n) is 3.08. The summed E-state index contributed by atoms with van der Waals surface area (Å²) in [5.74, 6) is 2.14. The minimum Gasteiger partial charge on any atom is -0.493 e. The summed E-state index contributed by atoms with van der Waals surface area (Å²) in [6, 6.07) is 5.33. The van der Waals surface area contributed by atoms with Crippen LogP contribution < -0.4 is 15.2 Å². The molecule has 1 heterocycles. The molecule has 1 aromatic carbocycles. The molecule has 2 rings (SSSR count). The molecule has 0 atom stereocenters. The standard InChI is InChI=1S/C15H18ClN3O2/c1-8(2)10-7-12(17)19-15(18-10)9-5-6-11(20-3)14(21-4)13(9)16/h5-8H,1-4H3,(H2,17,18,19). The highest BCUT2D eigenvalue weighted by Gasteiger charge is 2.17. The Labute approximate surface area is 129 Å². The van der Waals surface area contributed by atoms with Gasteiger partial charge in [0.1, 0.15) is 5.82 Å².